The Kier molecular flexibility index (Phi) is 37.9. The number of esters is 2. The lowest BCUT2D eigenvalue weighted by atomic mass is 9.98. The molecule has 11 unspecified atom stereocenters. The molecule has 0 saturated carbocycles. The molecular weight excluding hydrogens is 889 g/mol. The van der Waals surface area contributed by atoms with Gasteiger partial charge in [0.25, 0.3) is 0 Å². The lowest BCUT2D eigenvalue weighted by molar-refractivity contribution is -0.332. The molecule has 2 heterocycles. The maximum atomic E-state index is 13.0. The predicted molar refractivity (Wildman–Crippen MR) is 266 cm³/mol. The molecule has 0 aliphatic carbocycles. The van der Waals surface area contributed by atoms with Crippen LogP contribution in [0.2, 0.25) is 0 Å². The maximum Gasteiger partial charge on any atom is 0.306 e. The van der Waals surface area contributed by atoms with Gasteiger partial charge in [0.05, 0.1) is 19.8 Å². The predicted octanol–water partition coefficient (Wildman–Crippen LogP) is 8.33. The van der Waals surface area contributed by atoms with E-state index in [1.165, 1.54) is 109 Å². The highest BCUT2D eigenvalue weighted by molar-refractivity contribution is 5.70. The summed E-state index contributed by atoms with van der Waals surface area (Å²) in [5, 5.41) is 72.1. The number of rotatable bonds is 43. The second-order valence-corrected chi connectivity index (χ2v) is 19.4. The lowest BCUT2D eigenvalue weighted by Crippen LogP contribution is -2.61. The highest BCUT2D eigenvalue weighted by Gasteiger charge is 2.47. The van der Waals surface area contributed by atoms with Gasteiger partial charge in [-0.25, -0.2) is 0 Å². The average molecular weight is 987 g/mol. The number of hydrogen-bond acceptors (Lipinski definition) is 15. The number of carbonyl (C=O) groups is 2. The van der Waals surface area contributed by atoms with Crippen molar-refractivity contribution in [3.05, 3.63) is 24.3 Å². The van der Waals surface area contributed by atoms with Crippen molar-refractivity contribution < 1.29 is 73.8 Å². The second-order valence-electron chi connectivity index (χ2n) is 19.4. The third-order valence-corrected chi connectivity index (χ3v) is 13.2. The molecule has 404 valence electrons. The fraction of sp³-hybridized carbons (Fsp3) is 0.889. The Morgan fingerprint density at radius 3 is 1.28 bits per heavy atom. The van der Waals surface area contributed by atoms with E-state index in [0.717, 1.165) is 64.2 Å². The van der Waals surface area contributed by atoms with Crippen LogP contribution in [0.25, 0.3) is 0 Å². The van der Waals surface area contributed by atoms with Crippen LogP contribution < -0.4 is 0 Å². The molecule has 15 nitrogen and oxygen atoms in total. The van der Waals surface area contributed by atoms with E-state index in [4.69, 9.17) is 28.4 Å². The summed E-state index contributed by atoms with van der Waals surface area (Å²) >= 11 is 0. The molecule has 0 aromatic heterocycles. The number of hydrogen-bond donors (Lipinski definition) is 7. The summed E-state index contributed by atoms with van der Waals surface area (Å²) in [4.78, 5) is 25.8. The second kappa shape index (κ2) is 41.5. The Balaban J connectivity index is 1.78. The third-order valence-electron chi connectivity index (χ3n) is 13.2. The van der Waals surface area contributed by atoms with E-state index in [2.05, 4.69) is 38.2 Å². The summed E-state index contributed by atoms with van der Waals surface area (Å²) in [6.45, 7) is 2.59. The van der Waals surface area contributed by atoms with Crippen molar-refractivity contribution in [1.82, 2.24) is 0 Å². The molecule has 0 spiro atoms. The van der Waals surface area contributed by atoms with Crippen molar-refractivity contribution in [2.75, 3.05) is 26.4 Å². The van der Waals surface area contributed by atoms with E-state index in [-0.39, 0.29) is 26.1 Å². The Morgan fingerprint density at radius 1 is 0.449 bits per heavy atom. The molecule has 0 aromatic rings. The van der Waals surface area contributed by atoms with Gasteiger partial charge in [-0.2, -0.15) is 0 Å². The van der Waals surface area contributed by atoms with E-state index in [9.17, 15) is 45.3 Å². The molecule has 2 fully saturated rings. The van der Waals surface area contributed by atoms with E-state index in [1.807, 2.05) is 0 Å². The molecule has 0 aromatic carbocycles. The number of aliphatic hydroxyl groups excluding tert-OH is 7. The summed E-state index contributed by atoms with van der Waals surface area (Å²) < 4.78 is 33.6. The van der Waals surface area contributed by atoms with Gasteiger partial charge < -0.3 is 64.2 Å². The first-order valence-corrected chi connectivity index (χ1v) is 27.4. The Labute approximate surface area is 415 Å². The minimum Gasteiger partial charge on any atom is -0.462 e. The van der Waals surface area contributed by atoms with E-state index in [1.54, 1.807) is 0 Å². The number of carbonyl (C=O) groups excluding carboxylic acids is 2. The van der Waals surface area contributed by atoms with Crippen LogP contribution in [-0.2, 0) is 38.0 Å². The summed E-state index contributed by atoms with van der Waals surface area (Å²) in [5.41, 5.74) is 0. The van der Waals surface area contributed by atoms with Crippen LogP contribution in [0.1, 0.15) is 213 Å². The average Bonchev–Trinajstić information content (AvgIpc) is 3.34. The number of unbranched alkanes of at least 4 members (excludes halogenated alkanes) is 25. The Hall–Kier alpha value is -2.02. The van der Waals surface area contributed by atoms with Gasteiger partial charge in [0.15, 0.2) is 18.7 Å². The van der Waals surface area contributed by atoms with Crippen molar-refractivity contribution >= 4 is 11.9 Å². The van der Waals surface area contributed by atoms with Gasteiger partial charge in [-0.1, -0.05) is 160 Å². The molecule has 2 saturated heterocycles. The van der Waals surface area contributed by atoms with Crippen LogP contribution in [0.15, 0.2) is 24.3 Å². The lowest BCUT2D eigenvalue weighted by Gasteiger charge is -2.42. The quantitative estimate of drug-likeness (QED) is 0.0173. The first-order valence-electron chi connectivity index (χ1n) is 27.4. The molecule has 2 rings (SSSR count). The van der Waals surface area contributed by atoms with Gasteiger partial charge in [0.1, 0.15) is 55.4 Å². The molecule has 2 aliphatic heterocycles. The minimum atomic E-state index is -1.76. The Morgan fingerprint density at radius 2 is 0.826 bits per heavy atom. The van der Waals surface area contributed by atoms with Crippen molar-refractivity contribution in [3.63, 3.8) is 0 Å². The van der Waals surface area contributed by atoms with Crippen LogP contribution in [0.3, 0.4) is 0 Å². The summed E-state index contributed by atoms with van der Waals surface area (Å²) in [6, 6.07) is 0. The zero-order valence-electron chi connectivity index (χ0n) is 42.8. The molecule has 0 amide bonds. The number of allylic oxidation sites excluding steroid dienone is 4. The summed E-state index contributed by atoms with van der Waals surface area (Å²) in [7, 11) is 0. The normalized spacial score (nSPS) is 25.7. The first kappa shape index (κ1) is 63.1. The topological polar surface area (TPSA) is 231 Å². The molecule has 11 atom stereocenters. The standard InChI is InChI=1S/C54H98O15/c1-3-5-7-9-11-13-15-17-19-20-21-22-23-25-27-29-31-33-35-37-46(57)67-42(39-64-45(56)36-34-32-30-28-26-24-18-16-14-12-10-8-6-4-2)40-65-53-52(63)50(61)48(59)44(69-53)41-66-54-51(62)49(60)47(58)43(38-55)68-54/h16-19,42-44,47-55,58-63H,3-15,20-41H2,1-2H3/b18-16-,19-17-. The smallest absolute Gasteiger partial charge is 0.306 e. The molecular formula is C54H98O15. The molecule has 15 heteroatoms. The number of ether oxygens (including phenoxy) is 6. The van der Waals surface area contributed by atoms with Crippen LogP contribution in [0, 0.1) is 0 Å². The molecule has 7 N–H and O–H groups in total. The van der Waals surface area contributed by atoms with Gasteiger partial charge in [0.2, 0.25) is 0 Å². The van der Waals surface area contributed by atoms with E-state index >= 15 is 0 Å². The summed E-state index contributed by atoms with van der Waals surface area (Å²) in [5.74, 6) is -0.930. The maximum absolute atomic E-state index is 13.0. The van der Waals surface area contributed by atoms with Gasteiger partial charge in [0, 0.05) is 12.8 Å². The van der Waals surface area contributed by atoms with Crippen molar-refractivity contribution in [1.29, 1.82) is 0 Å². The molecule has 0 radical (unpaired) electrons. The monoisotopic (exact) mass is 987 g/mol. The highest BCUT2D eigenvalue weighted by Crippen LogP contribution is 2.26. The van der Waals surface area contributed by atoms with Crippen LogP contribution >= 0.6 is 0 Å². The highest BCUT2D eigenvalue weighted by atomic mass is 16.7. The molecule has 2 aliphatic rings. The SMILES string of the molecule is CCCCCCC/C=C\CCCCCCCC(=O)OCC(COC1OC(COC2OC(CO)C(O)C(O)C2O)C(O)C(O)C1O)OC(=O)CCCCCCCCCCC/C=C\CCCCCCCC. The van der Waals surface area contributed by atoms with Gasteiger partial charge in [-0.05, 0) is 64.2 Å². The van der Waals surface area contributed by atoms with Gasteiger partial charge in [-0.3, -0.25) is 9.59 Å². The Bertz CT molecular complexity index is 1300. The first-order chi connectivity index (χ1) is 33.5. The number of aliphatic hydroxyl groups is 7. The fourth-order valence-electron chi connectivity index (χ4n) is 8.62. The fourth-order valence-corrected chi connectivity index (χ4v) is 8.62. The van der Waals surface area contributed by atoms with Gasteiger partial charge >= 0.3 is 11.9 Å². The zero-order valence-corrected chi connectivity index (χ0v) is 42.8. The largest absolute Gasteiger partial charge is 0.462 e. The van der Waals surface area contributed by atoms with E-state index in [0.29, 0.717) is 12.8 Å². The van der Waals surface area contributed by atoms with Crippen molar-refractivity contribution in [3.8, 4) is 0 Å². The van der Waals surface area contributed by atoms with Gasteiger partial charge in [-0.15, -0.1) is 0 Å². The van der Waals surface area contributed by atoms with Crippen molar-refractivity contribution in [2.45, 2.75) is 280 Å². The van der Waals surface area contributed by atoms with Crippen LogP contribution in [0.4, 0.5) is 0 Å². The van der Waals surface area contributed by atoms with E-state index < -0.39 is 92.7 Å². The summed E-state index contributed by atoms with van der Waals surface area (Å²) in [6.07, 6.45) is 26.3. The molecule has 69 heavy (non-hydrogen) atoms. The zero-order chi connectivity index (χ0) is 50.3. The van der Waals surface area contributed by atoms with Crippen LogP contribution in [0.5, 0.6) is 0 Å². The third kappa shape index (κ3) is 29.3. The van der Waals surface area contributed by atoms with Crippen molar-refractivity contribution in [2.24, 2.45) is 0 Å². The van der Waals surface area contributed by atoms with Crippen LogP contribution in [-0.4, -0.2) is 142 Å². The molecule has 0 bridgehead atoms. The minimum absolute atomic E-state index is 0.163.